The van der Waals surface area contributed by atoms with Gasteiger partial charge in [-0.25, -0.2) is 0 Å². The number of rotatable bonds is 3. The molecular weight excluding hydrogens is 236 g/mol. The van der Waals surface area contributed by atoms with E-state index in [-0.39, 0.29) is 5.41 Å². The molecule has 1 heterocycles. The Morgan fingerprint density at radius 1 is 1.16 bits per heavy atom. The molecule has 1 aliphatic heterocycles. The second-order valence-electron chi connectivity index (χ2n) is 6.43. The highest BCUT2D eigenvalue weighted by Crippen LogP contribution is 2.31. The summed E-state index contributed by atoms with van der Waals surface area (Å²) in [6.07, 6.45) is 12.1. The standard InChI is InChI=1S/C16H30N2O/c1-2-16(11-8-12-17-13-16)15(19)18-14-9-6-4-3-5-7-10-14/h14,17H,2-13H2,1H3,(H,18,19). The van der Waals surface area contributed by atoms with E-state index in [0.717, 1.165) is 32.4 Å². The van der Waals surface area contributed by atoms with Crippen molar-refractivity contribution in [3.63, 3.8) is 0 Å². The smallest absolute Gasteiger partial charge is 0.227 e. The van der Waals surface area contributed by atoms with E-state index in [4.69, 9.17) is 0 Å². The molecule has 2 fully saturated rings. The Morgan fingerprint density at radius 3 is 2.42 bits per heavy atom. The van der Waals surface area contributed by atoms with Crippen LogP contribution >= 0.6 is 0 Å². The van der Waals surface area contributed by atoms with Gasteiger partial charge in [0.2, 0.25) is 5.91 Å². The Hall–Kier alpha value is -0.570. The second kappa shape index (κ2) is 7.28. The zero-order valence-corrected chi connectivity index (χ0v) is 12.5. The van der Waals surface area contributed by atoms with Gasteiger partial charge in [-0.2, -0.15) is 0 Å². The summed E-state index contributed by atoms with van der Waals surface area (Å²) in [5.74, 6) is 0.313. The molecule has 1 aliphatic carbocycles. The molecule has 3 nitrogen and oxygen atoms in total. The maximum atomic E-state index is 12.7. The summed E-state index contributed by atoms with van der Waals surface area (Å²) in [6, 6.07) is 0.429. The lowest BCUT2D eigenvalue weighted by molar-refractivity contribution is -0.133. The minimum absolute atomic E-state index is 0.138. The van der Waals surface area contributed by atoms with Crippen molar-refractivity contribution in [2.75, 3.05) is 13.1 Å². The molecule has 110 valence electrons. The first-order valence-electron chi connectivity index (χ1n) is 8.28. The number of hydrogen-bond acceptors (Lipinski definition) is 2. The number of carbonyl (C=O) groups is 1. The lowest BCUT2D eigenvalue weighted by Crippen LogP contribution is -2.52. The Kier molecular flexibility index (Phi) is 5.68. The summed E-state index contributed by atoms with van der Waals surface area (Å²) in [6.45, 7) is 4.09. The molecule has 0 spiro atoms. The van der Waals surface area contributed by atoms with Gasteiger partial charge in [0.1, 0.15) is 0 Å². The fraction of sp³-hybridized carbons (Fsp3) is 0.938. The molecule has 1 saturated heterocycles. The van der Waals surface area contributed by atoms with Crippen LogP contribution in [-0.2, 0) is 4.79 Å². The first kappa shape index (κ1) is 14.8. The molecule has 2 N–H and O–H groups in total. The quantitative estimate of drug-likeness (QED) is 0.824. The van der Waals surface area contributed by atoms with E-state index < -0.39 is 0 Å². The molecule has 1 saturated carbocycles. The normalized spacial score (nSPS) is 30.4. The van der Waals surface area contributed by atoms with Crippen molar-refractivity contribution >= 4 is 5.91 Å². The van der Waals surface area contributed by atoms with Gasteiger partial charge in [-0.15, -0.1) is 0 Å². The highest BCUT2D eigenvalue weighted by Gasteiger charge is 2.38. The van der Waals surface area contributed by atoms with Crippen LogP contribution in [0.4, 0.5) is 0 Å². The van der Waals surface area contributed by atoms with E-state index in [1.165, 1.54) is 44.9 Å². The van der Waals surface area contributed by atoms with Gasteiger partial charge in [0, 0.05) is 12.6 Å². The molecule has 19 heavy (non-hydrogen) atoms. The number of hydrogen-bond donors (Lipinski definition) is 2. The number of amides is 1. The van der Waals surface area contributed by atoms with Crippen LogP contribution in [0.3, 0.4) is 0 Å². The van der Waals surface area contributed by atoms with Crippen molar-refractivity contribution in [2.24, 2.45) is 5.41 Å². The third-order valence-corrected chi connectivity index (χ3v) is 5.07. The van der Waals surface area contributed by atoms with Crippen LogP contribution < -0.4 is 10.6 Å². The highest BCUT2D eigenvalue weighted by molar-refractivity contribution is 5.83. The van der Waals surface area contributed by atoms with E-state index in [1.54, 1.807) is 0 Å². The van der Waals surface area contributed by atoms with Gasteiger partial charge in [-0.3, -0.25) is 4.79 Å². The third kappa shape index (κ3) is 3.95. The number of carbonyl (C=O) groups excluding carboxylic acids is 1. The largest absolute Gasteiger partial charge is 0.353 e. The Morgan fingerprint density at radius 2 is 1.84 bits per heavy atom. The minimum atomic E-state index is -0.138. The predicted molar refractivity (Wildman–Crippen MR) is 79.1 cm³/mol. The van der Waals surface area contributed by atoms with Crippen LogP contribution in [-0.4, -0.2) is 25.0 Å². The fourth-order valence-electron chi connectivity index (χ4n) is 3.56. The van der Waals surface area contributed by atoms with Crippen molar-refractivity contribution in [1.29, 1.82) is 0 Å². The summed E-state index contributed by atoms with van der Waals surface area (Å²) in [7, 11) is 0. The summed E-state index contributed by atoms with van der Waals surface area (Å²) in [4.78, 5) is 12.7. The molecule has 0 aromatic heterocycles. The first-order valence-corrected chi connectivity index (χ1v) is 8.28. The SMILES string of the molecule is CCC1(C(=O)NC2CCCCCCC2)CCCNC1. The van der Waals surface area contributed by atoms with E-state index in [2.05, 4.69) is 17.6 Å². The average Bonchev–Trinajstić information content (AvgIpc) is 2.42. The Bertz CT molecular complexity index is 276. The molecule has 1 atom stereocenters. The molecular formula is C16H30N2O. The van der Waals surface area contributed by atoms with Crippen LogP contribution in [0.15, 0.2) is 0 Å². The van der Waals surface area contributed by atoms with Gasteiger partial charge in [0.15, 0.2) is 0 Å². The molecule has 1 amide bonds. The molecule has 1 unspecified atom stereocenters. The van der Waals surface area contributed by atoms with Gasteiger partial charge in [0.05, 0.1) is 5.41 Å². The van der Waals surface area contributed by atoms with E-state index in [0.29, 0.717) is 11.9 Å². The number of nitrogens with one attached hydrogen (secondary N) is 2. The van der Waals surface area contributed by atoms with Crippen molar-refractivity contribution in [3.05, 3.63) is 0 Å². The van der Waals surface area contributed by atoms with Gasteiger partial charge in [0.25, 0.3) is 0 Å². The zero-order valence-electron chi connectivity index (χ0n) is 12.5. The molecule has 2 aliphatic rings. The van der Waals surface area contributed by atoms with Gasteiger partial charge < -0.3 is 10.6 Å². The van der Waals surface area contributed by atoms with Crippen LogP contribution in [0.1, 0.15) is 71.1 Å². The topological polar surface area (TPSA) is 41.1 Å². The van der Waals surface area contributed by atoms with E-state index in [9.17, 15) is 4.79 Å². The average molecular weight is 266 g/mol. The van der Waals surface area contributed by atoms with Crippen molar-refractivity contribution in [2.45, 2.75) is 77.2 Å². The third-order valence-electron chi connectivity index (χ3n) is 5.07. The lowest BCUT2D eigenvalue weighted by Gasteiger charge is -2.37. The first-order chi connectivity index (χ1) is 9.27. The van der Waals surface area contributed by atoms with Crippen molar-refractivity contribution in [3.8, 4) is 0 Å². The maximum Gasteiger partial charge on any atom is 0.227 e. The van der Waals surface area contributed by atoms with Gasteiger partial charge in [-0.05, 0) is 38.6 Å². The Balaban J connectivity index is 1.90. The summed E-state index contributed by atoms with van der Waals surface area (Å²) < 4.78 is 0. The molecule has 0 bridgehead atoms. The monoisotopic (exact) mass is 266 g/mol. The van der Waals surface area contributed by atoms with Crippen molar-refractivity contribution in [1.82, 2.24) is 10.6 Å². The summed E-state index contributed by atoms with van der Waals surface area (Å²) in [5, 5.41) is 6.78. The van der Waals surface area contributed by atoms with Crippen LogP contribution in [0.25, 0.3) is 0 Å². The lowest BCUT2D eigenvalue weighted by atomic mass is 9.77. The van der Waals surface area contributed by atoms with Crippen molar-refractivity contribution < 1.29 is 4.79 Å². The highest BCUT2D eigenvalue weighted by atomic mass is 16.2. The molecule has 3 heteroatoms. The van der Waals surface area contributed by atoms with Crippen LogP contribution in [0.5, 0.6) is 0 Å². The zero-order chi connectivity index (χ0) is 13.6. The summed E-state index contributed by atoms with van der Waals surface area (Å²) in [5.41, 5.74) is -0.138. The summed E-state index contributed by atoms with van der Waals surface area (Å²) >= 11 is 0. The van der Waals surface area contributed by atoms with Crippen LogP contribution in [0, 0.1) is 5.41 Å². The minimum Gasteiger partial charge on any atom is -0.353 e. The maximum absolute atomic E-state index is 12.7. The fourth-order valence-corrected chi connectivity index (χ4v) is 3.56. The van der Waals surface area contributed by atoms with Crippen LogP contribution in [0.2, 0.25) is 0 Å². The Labute approximate surface area is 117 Å². The van der Waals surface area contributed by atoms with Gasteiger partial charge >= 0.3 is 0 Å². The van der Waals surface area contributed by atoms with E-state index in [1.807, 2.05) is 0 Å². The number of piperidine rings is 1. The second-order valence-corrected chi connectivity index (χ2v) is 6.43. The van der Waals surface area contributed by atoms with Gasteiger partial charge in [-0.1, -0.05) is 39.0 Å². The molecule has 0 aromatic rings. The predicted octanol–water partition coefficient (Wildman–Crippen LogP) is 3.00. The van der Waals surface area contributed by atoms with E-state index >= 15 is 0 Å². The molecule has 0 radical (unpaired) electrons. The molecule has 0 aromatic carbocycles. The molecule has 2 rings (SSSR count).